The molecule has 1 aromatic heterocycles. The molecule has 1 aliphatic rings. The topological polar surface area (TPSA) is 70.8 Å². The van der Waals surface area contributed by atoms with Crippen LogP contribution in [-0.2, 0) is 0 Å². The summed E-state index contributed by atoms with van der Waals surface area (Å²) in [6.07, 6.45) is 0.958. The van der Waals surface area contributed by atoms with Crippen LogP contribution >= 0.6 is 0 Å². The van der Waals surface area contributed by atoms with Crippen LogP contribution < -0.4 is 10.6 Å². The van der Waals surface area contributed by atoms with Gasteiger partial charge in [0.15, 0.2) is 5.82 Å². The van der Waals surface area contributed by atoms with E-state index >= 15 is 0 Å². The van der Waals surface area contributed by atoms with Crippen molar-refractivity contribution in [2.75, 3.05) is 18.0 Å². The van der Waals surface area contributed by atoms with Gasteiger partial charge in [-0.3, -0.25) is 5.10 Å². The van der Waals surface area contributed by atoms with E-state index in [0.29, 0.717) is 17.3 Å². The number of hydrogen-bond donors (Lipinski definition) is 2. The average Bonchev–Trinajstić information content (AvgIpc) is 3.01. The van der Waals surface area contributed by atoms with Crippen LogP contribution in [0.5, 0.6) is 0 Å². The SMILES string of the molecule is Cc1cc(-c2nc(N3CCC(N)C3)n[nH]2)ccc1F. The van der Waals surface area contributed by atoms with Crippen LogP contribution in [0.3, 0.4) is 0 Å². The number of rotatable bonds is 2. The summed E-state index contributed by atoms with van der Waals surface area (Å²) in [6.45, 7) is 3.39. The van der Waals surface area contributed by atoms with Crippen molar-refractivity contribution in [1.82, 2.24) is 15.2 Å². The summed E-state index contributed by atoms with van der Waals surface area (Å²) in [6, 6.07) is 5.09. The molecule has 3 rings (SSSR count). The van der Waals surface area contributed by atoms with Crippen LogP contribution in [0.15, 0.2) is 18.2 Å². The van der Waals surface area contributed by atoms with Crippen molar-refractivity contribution in [2.24, 2.45) is 5.73 Å². The highest BCUT2D eigenvalue weighted by molar-refractivity contribution is 5.57. The maximum absolute atomic E-state index is 13.2. The van der Waals surface area contributed by atoms with Crippen molar-refractivity contribution in [1.29, 1.82) is 0 Å². The number of aromatic nitrogens is 3. The molecule has 1 fully saturated rings. The fourth-order valence-corrected chi connectivity index (χ4v) is 2.28. The van der Waals surface area contributed by atoms with Gasteiger partial charge in [0.05, 0.1) is 0 Å². The molecule has 6 heteroatoms. The summed E-state index contributed by atoms with van der Waals surface area (Å²) in [7, 11) is 0. The highest BCUT2D eigenvalue weighted by Crippen LogP contribution is 2.21. The molecule has 0 spiro atoms. The molecule has 0 radical (unpaired) electrons. The third kappa shape index (κ3) is 2.31. The Morgan fingerprint density at radius 1 is 1.47 bits per heavy atom. The number of hydrogen-bond acceptors (Lipinski definition) is 4. The van der Waals surface area contributed by atoms with Gasteiger partial charge in [-0.15, -0.1) is 5.10 Å². The number of aryl methyl sites for hydroxylation is 1. The Morgan fingerprint density at radius 2 is 2.32 bits per heavy atom. The zero-order valence-corrected chi connectivity index (χ0v) is 10.7. The van der Waals surface area contributed by atoms with E-state index in [9.17, 15) is 4.39 Å². The van der Waals surface area contributed by atoms with Gasteiger partial charge in [-0.05, 0) is 37.1 Å². The number of anilines is 1. The van der Waals surface area contributed by atoms with Crippen molar-refractivity contribution in [3.63, 3.8) is 0 Å². The number of nitrogens with zero attached hydrogens (tertiary/aromatic N) is 3. The molecule has 0 bridgehead atoms. The van der Waals surface area contributed by atoms with Crippen LogP contribution in [0.2, 0.25) is 0 Å². The molecule has 1 unspecified atom stereocenters. The molecule has 3 N–H and O–H groups in total. The number of nitrogens with two attached hydrogens (primary N) is 1. The minimum absolute atomic E-state index is 0.190. The molecule has 2 heterocycles. The minimum atomic E-state index is -0.214. The Morgan fingerprint density at radius 3 is 3.00 bits per heavy atom. The zero-order valence-electron chi connectivity index (χ0n) is 10.7. The van der Waals surface area contributed by atoms with Gasteiger partial charge < -0.3 is 10.6 Å². The molecular weight excluding hydrogens is 245 g/mol. The number of aromatic amines is 1. The second-order valence-electron chi connectivity index (χ2n) is 4.94. The molecule has 1 saturated heterocycles. The summed E-state index contributed by atoms with van der Waals surface area (Å²) in [5, 5.41) is 7.10. The van der Waals surface area contributed by atoms with Gasteiger partial charge in [0.2, 0.25) is 5.95 Å². The lowest BCUT2D eigenvalue weighted by molar-refractivity contribution is 0.618. The average molecular weight is 261 g/mol. The zero-order chi connectivity index (χ0) is 13.4. The first-order chi connectivity index (χ1) is 9.13. The van der Waals surface area contributed by atoms with E-state index in [1.165, 1.54) is 6.07 Å². The smallest absolute Gasteiger partial charge is 0.245 e. The normalized spacial score (nSPS) is 19.1. The van der Waals surface area contributed by atoms with Crippen LogP contribution in [0, 0.1) is 12.7 Å². The van der Waals surface area contributed by atoms with Gasteiger partial charge in [0.1, 0.15) is 5.82 Å². The van der Waals surface area contributed by atoms with Crippen LogP contribution in [-0.4, -0.2) is 34.3 Å². The first-order valence-electron chi connectivity index (χ1n) is 6.33. The van der Waals surface area contributed by atoms with E-state index in [4.69, 9.17) is 5.73 Å². The maximum Gasteiger partial charge on any atom is 0.245 e. The third-order valence-corrected chi connectivity index (χ3v) is 3.41. The van der Waals surface area contributed by atoms with Crippen molar-refractivity contribution in [2.45, 2.75) is 19.4 Å². The summed E-state index contributed by atoms with van der Waals surface area (Å²) < 4.78 is 13.2. The largest absolute Gasteiger partial charge is 0.338 e. The van der Waals surface area contributed by atoms with Crippen molar-refractivity contribution in [3.05, 3.63) is 29.6 Å². The molecule has 2 aromatic rings. The van der Waals surface area contributed by atoms with Crippen LogP contribution in [0.25, 0.3) is 11.4 Å². The standard InChI is InChI=1S/C13H16FN5/c1-8-6-9(2-3-11(8)14)12-16-13(18-17-12)19-5-4-10(15)7-19/h2-3,6,10H,4-5,7,15H2,1H3,(H,16,17,18). The third-order valence-electron chi connectivity index (χ3n) is 3.41. The van der Waals surface area contributed by atoms with Crippen LogP contribution in [0.4, 0.5) is 10.3 Å². The predicted octanol–water partition coefficient (Wildman–Crippen LogP) is 1.46. The van der Waals surface area contributed by atoms with E-state index in [-0.39, 0.29) is 11.9 Å². The van der Waals surface area contributed by atoms with E-state index in [0.717, 1.165) is 25.1 Å². The van der Waals surface area contributed by atoms with Crippen molar-refractivity contribution < 1.29 is 4.39 Å². The Bertz CT molecular complexity index is 594. The summed E-state index contributed by atoms with van der Waals surface area (Å²) in [4.78, 5) is 6.51. The Hall–Kier alpha value is -1.95. The first kappa shape index (κ1) is 12.1. The van der Waals surface area contributed by atoms with Crippen molar-refractivity contribution in [3.8, 4) is 11.4 Å². The number of H-pyrrole nitrogens is 1. The minimum Gasteiger partial charge on any atom is -0.338 e. The Kier molecular flexibility index (Phi) is 2.94. The van der Waals surface area contributed by atoms with E-state index < -0.39 is 0 Å². The van der Waals surface area contributed by atoms with E-state index in [1.807, 2.05) is 0 Å². The number of nitrogens with one attached hydrogen (secondary N) is 1. The van der Waals surface area contributed by atoms with Gasteiger partial charge in [-0.1, -0.05) is 0 Å². The molecule has 0 amide bonds. The predicted molar refractivity (Wildman–Crippen MR) is 71.3 cm³/mol. The van der Waals surface area contributed by atoms with Gasteiger partial charge in [-0.2, -0.15) is 4.98 Å². The van der Waals surface area contributed by atoms with Crippen LogP contribution in [0.1, 0.15) is 12.0 Å². The fraction of sp³-hybridized carbons (Fsp3) is 0.385. The van der Waals surface area contributed by atoms with Gasteiger partial charge in [-0.25, -0.2) is 4.39 Å². The Labute approximate surface area is 110 Å². The number of halogens is 1. The summed E-state index contributed by atoms with van der Waals surface area (Å²) >= 11 is 0. The lowest BCUT2D eigenvalue weighted by Gasteiger charge is -2.11. The fourth-order valence-electron chi connectivity index (χ4n) is 2.28. The van der Waals surface area contributed by atoms with Crippen molar-refractivity contribution >= 4 is 5.95 Å². The first-order valence-corrected chi connectivity index (χ1v) is 6.33. The van der Waals surface area contributed by atoms with E-state index in [1.54, 1.807) is 19.1 Å². The summed E-state index contributed by atoms with van der Waals surface area (Å²) in [5.41, 5.74) is 7.30. The molecule has 19 heavy (non-hydrogen) atoms. The lowest BCUT2D eigenvalue weighted by atomic mass is 10.1. The summed E-state index contributed by atoms with van der Waals surface area (Å²) in [5.74, 6) is 1.09. The van der Waals surface area contributed by atoms with Gasteiger partial charge in [0, 0.05) is 24.7 Å². The van der Waals surface area contributed by atoms with Gasteiger partial charge >= 0.3 is 0 Å². The van der Waals surface area contributed by atoms with Gasteiger partial charge in [0.25, 0.3) is 0 Å². The molecule has 100 valence electrons. The molecule has 0 saturated carbocycles. The Balaban J connectivity index is 1.86. The quantitative estimate of drug-likeness (QED) is 0.858. The number of benzene rings is 1. The highest BCUT2D eigenvalue weighted by Gasteiger charge is 2.22. The lowest BCUT2D eigenvalue weighted by Crippen LogP contribution is -2.26. The molecule has 5 nitrogen and oxygen atoms in total. The molecule has 1 atom stereocenters. The second kappa shape index (κ2) is 4.62. The highest BCUT2D eigenvalue weighted by atomic mass is 19.1. The molecular formula is C13H16FN5. The van der Waals surface area contributed by atoms with E-state index in [2.05, 4.69) is 20.1 Å². The molecule has 1 aliphatic heterocycles. The molecule has 1 aromatic carbocycles. The molecule has 0 aliphatic carbocycles. The monoisotopic (exact) mass is 261 g/mol. The maximum atomic E-state index is 13.2. The second-order valence-corrected chi connectivity index (χ2v) is 4.94.